The fourth-order valence-corrected chi connectivity index (χ4v) is 1.81. The molecular formula is C17H17FN2O4. The number of carbonyl (C=O) groups is 1. The van der Waals surface area contributed by atoms with Gasteiger partial charge in [0.05, 0.1) is 0 Å². The molecule has 0 amide bonds. The second-order valence-corrected chi connectivity index (χ2v) is 4.91. The van der Waals surface area contributed by atoms with Crippen LogP contribution in [0.15, 0.2) is 47.8 Å². The molecule has 2 aromatic rings. The maximum atomic E-state index is 12.7. The minimum Gasteiger partial charge on any atom is -0.479 e. The molecule has 0 fully saturated rings. The lowest BCUT2D eigenvalue weighted by Gasteiger charge is -2.03. The van der Waals surface area contributed by atoms with E-state index in [9.17, 15) is 9.18 Å². The Morgan fingerprint density at radius 2 is 1.96 bits per heavy atom. The zero-order valence-electron chi connectivity index (χ0n) is 12.9. The molecule has 0 aliphatic carbocycles. The third-order valence-corrected chi connectivity index (χ3v) is 3.00. The van der Waals surface area contributed by atoms with E-state index in [0.29, 0.717) is 6.42 Å². The van der Waals surface area contributed by atoms with Crippen molar-refractivity contribution in [3.05, 3.63) is 59.5 Å². The number of ether oxygens (including phenoxy) is 1. The summed E-state index contributed by atoms with van der Waals surface area (Å²) in [5.41, 5.74) is 1.82. The summed E-state index contributed by atoms with van der Waals surface area (Å²) in [6.45, 7) is -0.127. The standard InChI is InChI=1S/C17H17FN2O4/c18-15-6-3-14(4-7-15)11-24-20-9-1-2-13-5-8-16(19-10-13)23-12-17(21)22/h3-10H,1-2,11-12H2,(H,21,22). The predicted octanol–water partition coefficient (Wildman–Crippen LogP) is 2.82. The summed E-state index contributed by atoms with van der Waals surface area (Å²) in [4.78, 5) is 19.5. The van der Waals surface area contributed by atoms with Crippen molar-refractivity contribution in [2.75, 3.05) is 6.61 Å². The number of carboxylic acid groups (broad SMARTS) is 1. The van der Waals surface area contributed by atoms with Crippen LogP contribution in [0.25, 0.3) is 0 Å². The Hall–Kier alpha value is -2.96. The molecular weight excluding hydrogens is 315 g/mol. The van der Waals surface area contributed by atoms with E-state index in [4.69, 9.17) is 14.7 Å². The monoisotopic (exact) mass is 332 g/mol. The average Bonchev–Trinajstić information content (AvgIpc) is 2.58. The van der Waals surface area contributed by atoms with Gasteiger partial charge in [0.1, 0.15) is 12.4 Å². The highest BCUT2D eigenvalue weighted by Gasteiger charge is 2.00. The first-order valence-corrected chi connectivity index (χ1v) is 7.31. The molecule has 0 saturated carbocycles. The topological polar surface area (TPSA) is 81.0 Å². The molecule has 0 bridgehead atoms. The highest BCUT2D eigenvalue weighted by atomic mass is 19.1. The molecule has 0 spiro atoms. The number of aromatic nitrogens is 1. The van der Waals surface area contributed by atoms with Gasteiger partial charge in [0.15, 0.2) is 6.61 Å². The quantitative estimate of drug-likeness (QED) is 0.564. The summed E-state index contributed by atoms with van der Waals surface area (Å²) in [5.74, 6) is -1.05. The summed E-state index contributed by atoms with van der Waals surface area (Å²) < 4.78 is 17.7. The van der Waals surface area contributed by atoms with Crippen molar-refractivity contribution in [2.24, 2.45) is 5.16 Å². The molecule has 24 heavy (non-hydrogen) atoms. The van der Waals surface area contributed by atoms with Gasteiger partial charge in [-0.25, -0.2) is 14.2 Å². The van der Waals surface area contributed by atoms with Crippen molar-refractivity contribution in [1.82, 2.24) is 4.98 Å². The maximum absolute atomic E-state index is 12.7. The Labute approximate surface area is 138 Å². The highest BCUT2D eigenvalue weighted by Crippen LogP contribution is 2.09. The number of benzene rings is 1. The zero-order chi connectivity index (χ0) is 17.2. The Morgan fingerprint density at radius 3 is 2.62 bits per heavy atom. The first kappa shape index (κ1) is 17.4. The van der Waals surface area contributed by atoms with E-state index in [2.05, 4.69) is 10.1 Å². The summed E-state index contributed by atoms with van der Waals surface area (Å²) >= 11 is 0. The lowest BCUT2D eigenvalue weighted by atomic mass is 10.2. The van der Waals surface area contributed by atoms with Crippen LogP contribution in [0.1, 0.15) is 17.5 Å². The third-order valence-electron chi connectivity index (χ3n) is 3.00. The largest absolute Gasteiger partial charge is 0.479 e. The number of hydrogen-bond donors (Lipinski definition) is 1. The molecule has 1 heterocycles. The van der Waals surface area contributed by atoms with Crippen LogP contribution in [0, 0.1) is 5.82 Å². The number of carboxylic acids is 1. The fourth-order valence-electron chi connectivity index (χ4n) is 1.81. The van der Waals surface area contributed by atoms with Crippen LogP contribution >= 0.6 is 0 Å². The molecule has 1 aromatic heterocycles. The molecule has 0 saturated heterocycles. The summed E-state index contributed by atoms with van der Waals surface area (Å²) in [6, 6.07) is 9.48. The van der Waals surface area contributed by atoms with Gasteiger partial charge in [0, 0.05) is 18.5 Å². The number of nitrogens with zero attached hydrogens (tertiary/aromatic N) is 2. The van der Waals surface area contributed by atoms with Crippen LogP contribution in [0.2, 0.25) is 0 Å². The first-order chi connectivity index (χ1) is 11.6. The number of pyridine rings is 1. The van der Waals surface area contributed by atoms with Crippen LogP contribution in [0.4, 0.5) is 4.39 Å². The number of rotatable bonds is 9. The van der Waals surface area contributed by atoms with Gasteiger partial charge in [0.25, 0.3) is 0 Å². The Kier molecular flexibility index (Phi) is 6.70. The van der Waals surface area contributed by atoms with E-state index in [1.807, 2.05) is 6.07 Å². The summed E-state index contributed by atoms with van der Waals surface area (Å²) in [6.07, 6.45) is 4.67. The molecule has 6 nitrogen and oxygen atoms in total. The fraction of sp³-hybridized carbons (Fsp3) is 0.235. The molecule has 126 valence electrons. The smallest absolute Gasteiger partial charge is 0.341 e. The molecule has 0 radical (unpaired) electrons. The van der Waals surface area contributed by atoms with Gasteiger partial charge in [-0.2, -0.15) is 0 Å². The molecule has 0 unspecified atom stereocenters. The van der Waals surface area contributed by atoms with Gasteiger partial charge >= 0.3 is 5.97 Å². The van der Waals surface area contributed by atoms with E-state index >= 15 is 0 Å². The minimum absolute atomic E-state index is 0.275. The van der Waals surface area contributed by atoms with Gasteiger partial charge < -0.3 is 14.7 Å². The SMILES string of the molecule is O=C(O)COc1ccc(CCC=NOCc2ccc(F)cc2)cn1. The molecule has 1 aromatic carbocycles. The van der Waals surface area contributed by atoms with E-state index in [0.717, 1.165) is 17.5 Å². The number of aliphatic carboxylic acids is 1. The van der Waals surface area contributed by atoms with Crippen LogP contribution in [0.3, 0.4) is 0 Å². The normalized spacial score (nSPS) is 10.7. The summed E-state index contributed by atoms with van der Waals surface area (Å²) in [5, 5.41) is 12.3. The van der Waals surface area contributed by atoms with Crippen LogP contribution < -0.4 is 4.74 Å². The average molecular weight is 332 g/mol. The van der Waals surface area contributed by atoms with Crippen molar-refractivity contribution in [3.63, 3.8) is 0 Å². The predicted molar refractivity (Wildman–Crippen MR) is 85.4 cm³/mol. The van der Waals surface area contributed by atoms with Gasteiger partial charge in [-0.15, -0.1) is 0 Å². The second-order valence-electron chi connectivity index (χ2n) is 4.91. The zero-order valence-corrected chi connectivity index (χ0v) is 12.9. The van der Waals surface area contributed by atoms with Crippen LogP contribution in [0.5, 0.6) is 5.88 Å². The number of oxime groups is 1. The lowest BCUT2D eigenvalue weighted by molar-refractivity contribution is -0.139. The number of halogens is 1. The third kappa shape index (κ3) is 6.43. The Balaban J connectivity index is 1.66. The summed E-state index contributed by atoms with van der Waals surface area (Å²) in [7, 11) is 0. The molecule has 1 N–H and O–H groups in total. The van der Waals surface area contributed by atoms with E-state index < -0.39 is 12.6 Å². The van der Waals surface area contributed by atoms with Crippen LogP contribution in [-0.2, 0) is 22.7 Å². The maximum Gasteiger partial charge on any atom is 0.341 e. The van der Waals surface area contributed by atoms with E-state index in [1.54, 1.807) is 30.6 Å². The second kappa shape index (κ2) is 9.24. The highest BCUT2D eigenvalue weighted by molar-refractivity contribution is 5.68. The van der Waals surface area contributed by atoms with Crippen molar-refractivity contribution in [3.8, 4) is 5.88 Å². The van der Waals surface area contributed by atoms with E-state index in [-0.39, 0.29) is 18.3 Å². The van der Waals surface area contributed by atoms with Crippen LogP contribution in [-0.4, -0.2) is 28.9 Å². The molecule has 0 aliphatic rings. The molecule has 0 aliphatic heterocycles. The molecule has 0 atom stereocenters. The van der Waals surface area contributed by atoms with Gasteiger partial charge in [-0.3, -0.25) is 0 Å². The lowest BCUT2D eigenvalue weighted by Crippen LogP contribution is -2.10. The van der Waals surface area contributed by atoms with Gasteiger partial charge in [-0.1, -0.05) is 23.4 Å². The first-order valence-electron chi connectivity index (χ1n) is 7.31. The molecule has 2 rings (SSSR count). The van der Waals surface area contributed by atoms with Crippen molar-refractivity contribution in [2.45, 2.75) is 19.4 Å². The number of aryl methyl sites for hydroxylation is 1. The number of hydrogen-bond acceptors (Lipinski definition) is 5. The minimum atomic E-state index is -1.04. The van der Waals surface area contributed by atoms with Gasteiger partial charge in [-0.05, 0) is 36.1 Å². The van der Waals surface area contributed by atoms with Gasteiger partial charge in [0.2, 0.25) is 5.88 Å². The van der Waals surface area contributed by atoms with Crippen molar-refractivity contribution < 1.29 is 23.9 Å². The van der Waals surface area contributed by atoms with Crippen molar-refractivity contribution >= 4 is 12.2 Å². The molecule has 7 heteroatoms. The Morgan fingerprint density at radius 1 is 1.21 bits per heavy atom. The van der Waals surface area contributed by atoms with Crippen molar-refractivity contribution in [1.29, 1.82) is 0 Å². The van der Waals surface area contributed by atoms with E-state index in [1.165, 1.54) is 12.1 Å². The Bertz CT molecular complexity index is 672.